The largest absolute Gasteiger partial charge is 0.457 e. The molecule has 0 unspecified atom stereocenters. The van der Waals surface area contributed by atoms with Crippen molar-refractivity contribution < 1.29 is 33.2 Å². The fourth-order valence-electron chi connectivity index (χ4n) is 7.77. The molecule has 0 saturated carbocycles. The Balaban J connectivity index is 1.15. The maximum atomic E-state index is 11.8. The van der Waals surface area contributed by atoms with E-state index in [0.717, 1.165) is 57.8 Å². The van der Waals surface area contributed by atoms with Crippen molar-refractivity contribution in [2.45, 2.75) is 164 Å². The van der Waals surface area contributed by atoms with E-state index < -0.39 is 22.6 Å². The second kappa shape index (κ2) is 7.18. The SMILES string of the molecule is CC1(C)O[C@@]2(CC[C@@](C)([C@@H]3CC[C@@H]([C@]4(C)CC[C@@H]([C@]5(C)CCC(=O)O5)O4)O3)O2)[C@]2(C)CC[C@H]1O2. The topological polar surface area (TPSA) is 72.5 Å². The van der Waals surface area contributed by atoms with Gasteiger partial charge in [-0.15, -0.1) is 0 Å². The number of fused-ring (bicyclic) bond motifs is 3. The number of ether oxygens (including phenoxy) is 6. The van der Waals surface area contributed by atoms with Crippen LogP contribution in [0.5, 0.6) is 0 Å². The van der Waals surface area contributed by atoms with Crippen LogP contribution in [-0.2, 0) is 33.2 Å². The van der Waals surface area contributed by atoms with E-state index in [1.807, 2.05) is 6.92 Å². The van der Waals surface area contributed by atoms with Crippen LogP contribution in [-0.4, -0.2) is 64.2 Å². The van der Waals surface area contributed by atoms with Crippen LogP contribution in [0.3, 0.4) is 0 Å². The van der Waals surface area contributed by atoms with E-state index in [2.05, 4.69) is 34.6 Å². The Hall–Kier alpha value is -0.730. The predicted octanol–water partition coefficient (Wildman–Crippen LogP) is 4.58. The minimum absolute atomic E-state index is 0.00610. The van der Waals surface area contributed by atoms with Crippen LogP contribution < -0.4 is 0 Å². The van der Waals surface area contributed by atoms with Gasteiger partial charge in [-0.3, -0.25) is 4.79 Å². The highest BCUT2D eigenvalue weighted by atomic mass is 16.8. The van der Waals surface area contributed by atoms with Crippen LogP contribution in [0.15, 0.2) is 0 Å². The molecule has 0 aliphatic carbocycles. The van der Waals surface area contributed by atoms with Gasteiger partial charge in [0.05, 0.1) is 41.2 Å². The summed E-state index contributed by atoms with van der Waals surface area (Å²) in [6, 6.07) is 0. The molecular formula is C27H42O7. The maximum Gasteiger partial charge on any atom is 0.306 e. The molecule has 192 valence electrons. The molecule has 34 heavy (non-hydrogen) atoms. The third kappa shape index (κ3) is 3.29. The summed E-state index contributed by atoms with van der Waals surface area (Å²) < 4.78 is 39.2. The second-order valence-electron chi connectivity index (χ2n) is 13.2. The highest BCUT2D eigenvalue weighted by Gasteiger charge is 2.69. The van der Waals surface area contributed by atoms with Crippen molar-refractivity contribution in [1.82, 2.24) is 0 Å². The van der Waals surface area contributed by atoms with Crippen molar-refractivity contribution >= 4 is 5.97 Å². The average Bonchev–Trinajstić information content (AvgIpc) is 3.53. The summed E-state index contributed by atoms with van der Waals surface area (Å²) in [5, 5.41) is 0. The Morgan fingerprint density at radius 2 is 1.35 bits per heavy atom. The molecule has 0 aromatic heterocycles. The molecule has 6 saturated heterocycles. The fourth-order valence-corrected chi connectivity index (χ4v) is 7.77. The molecule has 9 atom stereocenters. The van der Waals surface area contributed by atoms with Crippen molar-refractivity contribution in [2.24, 2.45) is 0 Å². The molecule has 6 heterocycles. The van der Waals surface area contributed by atoms with Gasteiger partial charge in [0.2, 0.25) is 0 Å². The normalized spacial score (nSPS) is 56.5. The number of carbonyl (C=O) groups is 1. The number of hydrogen-bond donors (Lipinski definition) is 0. The lowest BCUT2D eigenvalue weighted by Crippen LogP contribution is -2.64. The van der Waals surface area contributed by atoms with Crippen molar-refractivity contribution in [3.05, 3.63) is 0 Å². The van der Waals surface area contributed by atoms with Crippen LogP contribution >= 0.6 is 0 Å². The van der Waals surface area contributed by atoms with E-state index in [1.54, 1.807) is 0 Å². The van der Waals surface area contributed by atoms with Crippen LogP contribution in [0.2, 0.25) is 0 Å². The molecule has 6 fully saturated rings. The monoisotopic (exact) mass is 478 g/mol. The highest BCUT2D eigenvalue weighted by molar-refractivity contribution is 5.72. The Kier molecular flexibility index (Phi) is 5.00. The van der Waals surface area contributed by atoms with Gasteiger partial charge < -0.3 is 28.4 Å². The lowest BCUT2D eigenvalue weighted by Gasteiger charge is -2.53. The standard InChI is InChI=1S/C27H42O7/c1-22(2)17-10-14-26(6,31-17)27(33-22)16-15-25(5,34-27)19-8-7-18(29-19)23(3)12-9-20(30-23)24(4)13-11-21(28)32-24/h17-20H,7-16H2,1-6H3/t17-,18+,19+,20+,23+,24+,25+,26+,27-/m1/s1. The average molecular weight is 479 g/mol. The van der Waals surface area contributed by atoms with E-state index in [0.29, 0.717) is 6.42 Å². The number of hydrogen-bond acceptors (Lipinski definition) is 7. The summed E-state index contributed by atoms with van der Waals surface area (Å²) in [5.41, 5.74) is -2.08. The van der Waals surface area contributed by atoms with Gasteiger partial charge in [0.15, 0.2) is 5.79 Å². The van der Waals surface area contributed by atoms with Gasteiger partial charge in [0.1, 0.15) is 11.2 Å². The molecule has 2 bridgehead atoms. The summed E-state index contributed by atoms with van der Waals surface area (Å²) in [5.74, 6) is -0.837. The van der Waals surface area contributed by atoms with Gasteiger partial charge in [0, 0.05) is 12.8 Å². The number of rotatable bonds is 3. The molecule has 0 aromatic carbocycles. The van der Waals surface area contributed by atoms with E-state index in [9.17, 15) is 4.79 Å². The van der Waals surface area contributed by atoms with Crippen molar-refractivity contribution in [3.63, 3.8) is 0 Å². The van der Waals surface area contributed by atoms with E-state index in [1.165, 1.54) is 0 Å². The maximum absolute atomic E-state index is 11.8. The second-order valence-corrected chi connectivity index (χ2v) is 13.2. The first-order chi connectivity index (χ1) is 15.8. The van der Waals surface area contributed by atoms with Crippen LogP contribution in [0.1, 0.15) is 106 Å². The molecule has 7 nitrogen and oxygen atoms in total. The zero-order valence-electron chi connectivity index (χ0n) is 21.7. The molecule has 0 radical (unpaired) electrons. The van der Waals surface area contributed by atoms with Gasteiger partial charge in [-0.05, 0) is 92.9 Å². The van der Waals surface area contributed by atoms with Gasteiger partial charge in [-0.2, -0.15) is 0 Å². The summed E-state index contributed by atoms with van der Waals surface area (Å²) in [6.45, 7) is 12.8. The molecule has 6 aliphatic heterocycles. The zero-order chi connectivity index (χ0) is 24.2. The van der Waals surface area contributed by atoms with Crippen LogP contribution in [0.25, 0.3) is 0 Å². The number of cyclic esters (lactones) is 1. The predicted molar refractivity (Wildman–Crippen MR) is 123 cm³/mol. The molecule has 0 amide bonds. The lowest BCUT2D eigenvalue weighted by molar-refractivity contribution is -0.407. The first-order valence-electron chi connectivity index (χ1n) is 13.4. The molecule has 0 aromatic rings. The molecule has 7 heteroatoms. The molecular weight excluding hydrogens is 436 g/mol. The number of esters is 1. The van der Waals surface area contributed by atoms with Gasteiger partial charge in [-0.25, -0.2) is 0 Å². The Morgan fingerprint density at radius 3 is 2.06 bits per heavy atom. The summed E-state index contributed by atoms with van der Waals surface area (Å²) in [4.78, 5) is 11.8. The first-order valence-corrected chi connectivity index (χ1v) is 13.4. The van der Waals surface area contributed by atoms with Crippen molar-refractivity contribution in [3.8, 4) is 0 Å². The quantitative estimate of drug-likeness (QED) is 0.550. The van der Waals surface area contributed by atoms with E-state index in [-0.39, 0.29) is 41.6 Å². The number of carbonyl (C=O) groups excluding carboxylic acids is 1. The summed E-state index contributed by atoms with van der Waals surface area (Å²) in [6.07, 6.45) is 8.63. The summed E-state index contributed by atoms with van der Waals surface area (Å²) in [7, 11) is 0. The van der Waals surface area contributed by atoms with Crippen molar-refractivity contribution in [1.29, 1.82) is 0 Å². The first kappa shape index (κ1) is 23.7. The van der Waals surface area contributed by atoms with Gasteiger partial charge >= 0.3 is 5.97 Å². The molecule has 6 aliphatic rings. The van der Waals surface area contributed by atoms with Crippen molar-refractivity contribution in [2.75, 3.05) is 0 Å². The zero-order valence-corrected chi connectivity index (χ0v) is 21.7. The Morgan fingerprint density at radius 1 is 0.647 bits per heavy atom. The van der Waals surface area contributed by atoms with Crippen LogP contribution in [0, 0.1) is 0 Å². The molecule has 0 N–H and O–H groups in total. The smallest absolute Gasteiger partial charge is 0.306 e. The minimum Gasteiger partial charge on any atom is -0.457 e. The molecule has 1 spiro atoms. The third-order valence-electron chi connectivity index (χ3n) is 10.2. The third-order valence-corrected chi connectivity index (χ3v) is 10.2. The van der Waals surface area contributed by atoms with E-state index >= 15 is 0 Å². The Bertz CT molecular complexity index is 875. The summed E-state index contributed by atoms with van der Waals surface area (Å²) >= 11 is 0. The lowest BCUT2D eigenvalue weighted by atomic mass is 9.87. The highest BCUT2D eigenvalue weighted by Crippen LogP contribution is 2.59. The molecule has 6 rings (SSSR count). The van der Waals surface area contributed by atoms with Gasteiger partial charge in [0.25, 0.3) is 0 Å². The fraction of sp³-hybridized carbons (Fsp3) is 0.963. The van der Waals surface area contributed by atoms with E-state index in [4.69, 9.17) is 28.4 Å². The Labute approximate surface area is 203 Å². The minimum atomic E-state index is -0.723. The van der Waals surface area contributed by atoms with Gasteiger partial charge in [-0.1, -0.05) is 0 Å². The van der Waals surface area contributed by atoms with Crippen LogP contribution in [0.4, 0.5) is 0 Å².